The van der Waals surface area contributed by atoms with E-state index in [1.54, 1.807) is 0 Å². The van der Waals surface area contributed by atoms with E-state index in [9.17, 15) is 10.1 Å². The summed E-state index contributed by atoms with van der Waals surface area (Å²) in [6.45, 7) is 6.00. The van der Waals surface area contributed by atoms with Gasteiger partial charge in [-0.3, -0.25) is 10.1 Å². The lowest BCUT2D eigenvalue weighted by Gasteiger charge is -2.39. The van der Waals surface area contributed by atoms with E-state index >= 15 is 0 Å². The van der Waals surface area contributed by atoms with E-state index in [0.29, 0.717) is 18.0 Å². The van der Waals surface area contributed by atoms with Gasteiger partial charge < -0.3 is 10.2 Å². The molecule has 2 unspecified atom stereocenters. The highest BCUT2D eigenvalue weighted by Crippen LogP contribution is 2.19. The molecule has 19 heavy (non-hydrogen) atoms. The summed E-state index contributed by atoms with van der Waals surface area (Å²) in [4.78, 5) is 20.5. The Morgan fingerprint density at radius 3 is 2.63 bits per heavy atom. The maximum atomic E-state index is 10.6. The first kappa shape index (κ1) is 13.7. The van der Waals surface area contributed by atoms with Crippen LogP contribution in [0.15, 0.2) is 12.4 Å². The molecule has 1 aromatic rings. The summed E-state index contributed by atoms with van der Waals surface area (Å²) in [5.74, 6) is 0.581. The van der Waals surface area contributed by atoms with Gasteiger partial charge in [0, 0.05) is 25.2 Å². The minimum absolute atomic E-state index is 0.0704. The molecule has 1 aromatic heterocycles. The van der Waals surface area contributed by atoms with Crippen LogP contribution in [0.25, 0.3) is 0 Å². The zero-order valence-electron chi connectivity index (χ0n) is 11.2. The van der Waals surface area contributed by atoms with Crippen molar-refractivity contribution in [2.75, 3.05) is 18.0 Å². The summed E-state index contributed by atoms with van der Waals surface area (Å²) >= 11 is 0. The molecule has 0 aromatic carbocycles. The molecule has 1 aliphatic rings. The molecule has 2 rings (SSSR count). The summed E-state index contributed by atoms with van der Waals surface area (Å²) in [7, 11) is 0. The predicted octanol–water partition coefficient (Wildman–Crippen LogP) is 1.35. The molecule has 7 nitrogen and oxygen atoms in total. The number of aromatic nitrogens is 2. The highest BCUT2D eigenvalue weighted by Gasteiger charge is 2.27. The zero-order chi connectivity index (χ0) is 13.8. The average Bonchev–Trinajstić information content (AvgIpc) is 2.46. The Labute approximate surface area is 112 Å². The van der Waals surface area contributed by atoms with Gasteiger partial charge in [0.05, 0.1) is 4.92 Å². The highest BCUT2D eigenvalue weighted by molar-refractivity contribution is 5.36. The number of rotatable bonds is 4. The molecule has 7 heteroatoms. The van der Waals surface area contributed by atoms with Crippen molar-refractivity contribution < 1.29 is 4.92 Å². The van der Waals surface area contributed by atoms with Gasteiger partial charge in [-0.05, 0) is 12.8 Å². The molecule has 1 fully saturated rings. The molecule has 0 radical (unpaired) electrons. The summed E-state index contributed by atoms with van der Waals surface area (Å²) in [6.07, 6.45) is 4.58. The lowest BCUT2D eigenvalue weighted by atomic mass is 10.1. The van der Waals surface area contributed by atoms with E-state index in [-0.39, 0.29) is 5.69 Å². The van der Waals surface area contributed by atoms with Crippen LogP contribution < -0.4 is 10.2 Å². The number of nitrogens with one attached hydrogen (secondary N) is 1. The van der Waals surface area contributed by atoms with Gasteiger partial charge in [-0.25, -0.2) is 9.97 Å². The van der Waals surface area contributed by atoms with E-state index < -0.39 is 4.92 Å². The minimum atomic E-state index is -0.478. The predicted molar refractivity (Wildman–Crippen MR) is 72.2 cm³/mol. The second-order valence-electron chi connectivity index (χ2n) is 4.73. The molecular weight excluding hydrogens is 246 g/mol. The molecule has 0 aliphatic carbocycles. The zero-order valence-corrected chi connectivity index (χ0v) is 11.2. The van der Waals surface area contributed by atoms with Crippen molar-refractivity contribution in [1.82, 2.24) is 15.3 Å². The molecule has 0 amide bonds. The van der Waals surface area contributed by atoms with E-state index in [1.165, 1.54) is 12.4 Å². The summed E-state index contributed by atoms with van der Waals surface area (Å²) < 4.78 is 0. The van der Waals surface area contributed by atoms with Crippen LogP contribution in [-0.2, 0) is 0 Å². The number of hydrogen-bond acceptors (Lipinski definition) is 6. The summed E-state index contributed by atoms with van der Waals surface area (Å²) in [6, 6.07) is 0.755. The van der Waals surface area contributed by atoms with Crippen molar-refractivity contribution in [3.8, 4) is 0 Å². The molecule has 2 atom stereocenters. The van der Waals surface area contributed by atoms with Gasteiger partial charge >= 0.3 is 5.69 Å². The van der Waals surface area contributed by atoms with Crippen LogP contribution in [0.4, 0.5) is 11.6 Å². The van der Waals surface area contributed by atoms with Crippen molar-refractivity contribution in [2.24, 2.45) is 0 Å². The van der Waals surface area contributed by atoms with Gasteiger partial charge in [0.25, 0.3) is 0 Å². The van der Waals surface area contributed by atoms with Crippen LogP contribution in [0.5, 0.6) is 0 Å². The van der Waals surface area contributed by atoms with Crippen LogP contribution in [0.2, 0.25) is 0 Å². The van der Waals surface area contributed by atoms with Crippen molar-refractivity contribution in [1.29, 1.82) is 0 Å². The van der Waals surface area contributed by atoms with Gasteiger partial charge in [-0.2, -0.15) is 0 Å². The number of anilines is 1. The third kappa shape index (κ3) is 2.98. The molecule has 1 saturated heterocycles. The Hall–Kier alpha value is -1.76. The largest absolute Gasteiger partial charge is 0.335 e. The third-order valence-corrected chi connectivity index (χ3v) is 3.56. The summed E-state index contributed by atoms with van der Waals surface area (Å²) in [5.41, 5.74) is -0.0704. The Kier molecular flexibility index (Phi) is 4.26. The SMILES string of the molecule is CCC1CN(c2ncc([N+](=O)[O-])cn2)C(CC)CN1. The normalized spacial score (nSPS) is 23.4. The molecule has 1 aliphatic heterocycles. The first-order valence-corrected chi connectivity index (χ1v) is 6.62. The van der Waals surface area contributed by atoms with Crippen molar-refractivity contribution in [3.63, 3.8) is 0 Å². The minimum Gasteiger partial charge on any atom is -0.335 e. The van der Waals surface area contributed by atoms with Gasteiger partial charge in [-0.15, -0.1) is 0 Å². The van der Waals surface area contributed by atoms with Gasteiger partial charge in [0.2, 0.25) is 5.95 Å². The Bertz CT molecular complexity index is 436. The number of nitrogens with zero attached hydrogens (tertiary/aromatic N) is 4. The van der Waals surface area contributed by atoms with Crippen molar-refractivity contribution in [2.45, 2.75) is 38.8 Å². The van der Waals surface area contributed by atoms with Gasteiger partial charge in [0.15, 0.2) is 0 Å². The fraction of sp³-hybridized carbons (Fsp3) is 0.667. The molecule has 2 heterocycles. The molecule has 0 saturated carbocycles. The van der Waals surface area contributed by atoms with Gasteiger partial charge in [0.1, 0.15) is 12.4 Å². The van der Waals surface area contributed by atoms with E-state index in [0.717, 1.165) is 25.9 Å². The second kappa shape index (κ2) is 5.92. The Balaban J connectivity index is 2.18. The average molecular weight is 265 g/mol. The fourth-order valence-corrected chi connectivity index (χ4v) is 2.30. The maximum Gasteiger partial charge on any atom is 0.305 e. The van der Waals surface area contributed by atoms with Crippen molar-refractivity contribution in [3.05, 3.63) is 22.5 Å². The van der Waals surface area contributed by atoms with Gasteiger partial charge in [-0.1, -0.05) is 13.8 Å². The molecule has 104 valence electrons. The molecule has 1 N–H and O–H groups in total. The standard InChI is InChI=1S/C12H19N5O2/c1-3-9-8-16(10(4-2)5-13-9)12-14-6-11(7-15-12)17(18)19/h6-7,9-10,13H,3-5,8H2,1-2H3. The van der Waals surface area contributed by atoms with Crippen LogP contribution in [0, 0.1) is 10.1 Å². The van der Waals surface area contributed by atoms with Crippen LogP contribution in [0.1, 0.15) is 26.7 Å². The molecule has 0 bridgehead atoms. The summed E-state index contributed by atoms with van der Waals surface area (Å²) in [5, 5.41) is 14.1. The highest BCUT2D eigenvalue weighted by atomic mass is 16.6. The van der Waals surface area contributed by atoms with Crippen LogP contribution in [-0.4, -0.2) is 40.1 Å². The Morgan fingerprint density at radius 2 is 2.11 bits per heavy atom. The van der Waals surface area contributed by atoms with E-state index in [4.69, 9.17) is 0 Å². The maximum absolute atomic E-state index is 10.6. The fourth-order valence-electron chi connectivity index (χ4n) is 2.30. The topological polar surface area (TPSA) is 84.2 Å². The van der Waals surface area contributed by atoms with Crippen LogP contribution >= 0.6 is 0 Å². The van der Waals surface area contributed by atoms with E-state index in [1.807, 2.05) is 0 Å². The van der Waals surface area contributed by atoms with Crippen LogP contribution in [0.3, 0.4) is 0 Å². The quantitative estimate of drug-likeness (QED) is 0.653. The Morgan fingerprint density at radius 1 is 1.42 bits per heavy atom. The lowest BCUT2D eigenvalue weighted by molar-refractivity contribution is -0.385. The monoisotopic (exact) mass is 265 g/mol. The number of hydrogen-bond donors (Lipinski definition) is 1. The number of piperazine rings is 1. The lowest BCUT2D eigenvalue weighted by Crippen LogP contribution is -2.56. The molecular formula is C12H19N5O2. The molecule has 0 spiro atoms. The van der Waals surface area contributed by atoms with E-state index in [2.05, 4.69) is 34.0 Å². The third-order valence-electron chi connectivity index (χ3n) is 3.56. The smallest absolute Gasteiger partial charge is 0.305 e. The van der Waals surface area contributed by atoms with Crippen molar-refractivity contribution >= 4 is 11.6 Å². The second-order valence-corrected chi connectivity index (χ2v) is 4.73. The first-order valence-electron chi connectivity index (χ1n) is 6.62. The number of nitro groups is 1. The first-order chi connectivity index (χ1) is 9.15.